The zero-order chi connectivity index (χ0) is 19.3. The third-order valence-corrected chi connectivity index (χ3v) is 4.59. The zero-order valence-corrected chi connectivity index (χ0v) is 15.7. The Hall–Kier alpha value is -2.19. The molecule has 0 saturated carbocycles. The van der Waals surface area contributed by atoms with Crippen molar-refractivity contribution in [2.24, 2.45) is 5.73 Å². The second-order valence-corrected chi connectivity index (χ2v) is 6.30. The maximum absolute atomic E-state index is 11.7. The Morgan fingerprint density at radius 2 is 2.00 bits per heavy atom. The van der Waals surface area contributed by atoms with Crippen molar-refractivity contribution in [1.82, 2.24) is 4.90 Å². The van der Waals surface area contributed by atoms with Gasteiger partial charge in [-0.1, -0.05) is 11.6 Å². The number of amides is 2. The van der Waals surface area contributed by atoms with Gasteiger partial charge in [-0.3, -0.25) is 4.79 Å². The van der Waals surface area contributed by atoms with Crippen LogP contribution in [0.2, 0.25) is 5.02 Å². The zero-order valence-electron chi connectivity index (χ0n) is 14.9. The van der Waals surface area contributed by atoms with E-state index >= 15 is 0 Å². The largest absolute Gasteiger partial charge is 0.495 e. The minimum absolute atomic E-state index is 0.0548. The molecule has 0 aliphatic carbocycles. The quantitative estimate of drug-likeness (QED) is 0.724. The number of nitrogens with two attached hydrogens (primary N) is 2. The first-order valence-electron chi connectivity index (χ1n) is 8.36. The Balaban J connectivity index is 2.04. The number of piperidine rings is 1. The molecule has 1 fully saturated rings. The van der Waals surface area contributed by atoms with Gasteiger partial charge in [-0.05, 0) is 25.8 Å². The molecule has 0 atom stereocenters. The Labute approximate surface area is 157 Å². The molecular weight excluding hydrogens is 362 g/mol. The molecule has 8 nitrogen and oxygen atoms in total. The molecule has 144 valence electrons. The highest BCUT2D eigenvalue weighted by atomic mass is 35.5. The van der Waals surface area contributed by atoms with Gasteiger partial charge in [0.25, 0.3) is 5.91 Å². The molecule has 2 amide bonds. The molecule has 0 spiro atoms. The SMILES string of the molecule is CCOC(=O)N1CCC(OCc2c(N)c(Cl)cc(C(N)=O)c2OC)CC1. The van der Waals surface area contributed by atoms with E-state index in [1.165, 1.54) is 13.2 Å². The summed E-state index contributed by atoms with van der Waals surface area (Å²) in [4.78, 5) is 25.0. The number of nitrogens with zero attached hydrogens (tertiary/aromatic N) is 1. The van der Waals surface area contributed by atoms with Crippen LogP contribution in [0.25, 0.3) is 0 Å². The summed E-state index contributed by atoms with van der Waals surface area (Å²) in [7, 11) is 1.43. The van der Waals surface area contributed by atoms with Crippen LogP contribution in [0.5, 0.6) is 5.75 Å². The van der Waals surface area contributed by atoms with E-state index in [1.807, 2.05) is 0 Å². The molecule has 0 unspecified atom stereocenters. The van der Waals surface area contributed by atoms with E-state index in [-0.39, 0.29) is 40.8 Å². The Morgan fingerprint density at radius 3 is 2.54 bits per heavy atom. The third kappa shape index (κ3) is 4.50. The molecular formula is C17H24ClN3O5. The van der Waals surface area contributed by atoms with Crippen molar-refractivity contribution in [2.75, 3.05) is 32.5 Å². The fraction of sp³-hybridized carbons (Fsp3) is 0.529. The van der Waals surface area contributed by atoms with Gasteiger partial charge < -0.3 is 30.6 Å². The number of methoxy groups -OCH3 is 1. The summed E-state index contributed by atoms with van der Waals surface area (Å²) in [6.45, 7) is 3.36. The third-order valence-electron chi connectivity index (χ3n) is 4.27. The number of ether oxygens (including phenoxy) is 3. The van der Waals surface area contributed by atoms with Crippen LogP contribution in [0.4, 0.5) is 10.5 Å². The van der Waals surface area contributed by atoms with E-state index in [0.717, 1.165) is 0 Å². The summed E-state index contributed by atoms with van der Waals surface area (Å²) in [5.74, 6) is -0.392. The number of benzene rings is 1. The molecule has 0 aromatic heterocycles. The molecule has 26 heavy (non-hydrogen) atoms. The minimum atomic E-state index is -0.659. The molecule has 9 heteroatoms. The monoisotopic (exact) mass is 385 g/mol. The standard InChI is InChI=1S/C17H24ClN3O5/c1-3-25-17(23)21-6-4-10(5-7-21)26-9-12-14(19)13(18)8-11(16(20)22)15(12)24-2/h8,10H,3-7,9,19H2,1-2H3,(H2,20,22). The highest BCUT2D eigenvalue weighted by Crippen LogP contribution is 2.36. The lowest BCUT2D eigenvalue weighted by atomic mass is 10.1. The molecule has 1 aromatic rings. The molecule has 4 N–H and O–H groups in total. The van der Waals surface area contributed by atoms with Crippen LogP contribution in [0, 0.1) is 0 Å². The van der Waals surface area contributed by atoms with E-state index < -0.39 is 5.91 Å². The van der Waals surface area contributed by atoms with Gasteiger partial charge in [0.15, 0.2) is 0 Å². The van der Waals surface area contributed by atoms with E-state index in [0.29, 0.717) is 38.1 Å². The number of nitrogen functional groups attached to an aromatic ring is 1. The number of hydrogen-bond acceptors (Lipinski definition) is 6. The Kier molecular flexibility index (Phi) is 6.93. The van der Waals surface area contributed by atoms with Crippen LogP contribution >= 0.6 is 11.6 Å². The van der Waals surface area contributed by atoms with Crippen LogP contribution in [-0.4, -0.2) is 49.8 Å². The number of anilines is 1. The van der Waals surface area contributed by atoms with Crippen LogP contribution in [0.3, 0.4) is 0 Å². The normalized spacial score (nSPS) is 15.0. The molecule has 1 saturated heterocycles. The predicted octanol–water partition coefficient (Wildman–Crippen LogP) is 2.17. The van der Waals surface area contributed by atoms with Crippen molar-refractivity contribution in [2.45, 2.75) is 32.5 Å². The first-order chi connectivity index (χ1) is 12.4. The molecule has 1 aliphatic heterocycles. The molecule has 0 bridgehead atoms. The van der Waals surface area contributed by atoms with Gasteiger partial charge in [0.2, 0.25) is 0 Å². The average Bonchev–Trinajstić information content (AvgIpc) is 2.62. The molecule has 0 radical (unpaired) electrons. The number of rotatable bonds is 6. The van der Waals surface area contributed by atoms with Crippen molar-refractivity contribution >= 4 is 29.3 Å². The second kappa shape index (κ2) is 8.95. The van der Waals surface area contributed by atoms with Crippen molar-refractivity contribution < 1.29 is 23.8 Å². The molecule has 1 heterocycles. The van der Waals surface area contributed by atoms with Crippen LogP contribution < -0.4 is 16.2 Å². The highest BCUT2D eigenvalue weighted by Gasteiger charge is 2.25. The van der Waals surface area contributed by atoms with Gasteiger partial charge in [-0.25, -0.2) is 4.79 Å². The topological polar surface area (TPSA) is 117 Å². The van der Waals surface area contributed by atoms with Gasteiger partial charge >= 0.3 is 6.09 Å². The highest BCUT2D eigenvalue weighted by molar-refractivity contribution is 6.33. The Bertz CT molecular complexity index is 675. The number of halogens is 1. The number of carbonyl (C=O) groups is 2. The van der Waals surface area contributed by atoms with Crippen molar-refractivity contribution in [3.63, 3.8) is 0 Å². The number of carbonyl (C=O) groups excluding carboxylic acids is 2. The fourth-order valence-corrected chi connectivity index (χ4v) is 3.10. The van der Waals surface area contributed by atoms with E-state index in [2.05, 4.69) is 0 Å². The summed E-state index contributed by atoms with van der Waals surface area (Å²) in [6, 6.07) is 1.39. The number of hydrogen-bond donors (Lipinski definition) is 2. The lowest BCUT2D eigenvalue weighted by Gasteiger charge is -2.31. The van der Waals surface area contributed by atoms with Gasteiger partial charge in [-0.15, -0.1) is 0 Å². The average molecular weight is 386 g/mol. The first-order valence-corrected chi connectivity index (χ1v) is 8.74. The summed E-state index contributed by atoms with van der Waals surface area (Å²) in [5.41, 5.74) is 12.3. The summed E-state index contributed by atoms with van der Waals surface area (Å²) < 4.78 is 16.2. The maximum atomic E-state index is 11.7. The second-order valence-electron chi connectivity index (χ2n) is 5.89. The first kappa shape index (κ1) is 20.1. The van der Waals surface area contributed by atoms with Crippen LogP contribution in [0.15, 0.2) is 6.07 Å². The van der Waals surface area contributed by atoms with Gasteiger partial charge in [0, 0.05) is 18.7 Å². The Morgan fingerprint density at radius 1 is 1.35 bits per heavy atom. The van der Waals surface area contributed by atoms with Crippen molar-refractivity contribution in [3.05, 3.63) is 22.2 Å². The van der Waals surface area contributed by atoms with E-state index in [9.17, 15) is 9.59 Å². The summed E-state index contributed by atoms with van der Waals surface area (Å²) >= 11 is 6.10. The maximum Gasteiger partial charge on any atom is 0.409 e. The van der Waals surface area contributed by atoms with Gasteiger partial charge in [0.05, 0.1) is 42.7 Å². The minimum Gasteiger partial charge on any atom is -0.495 e. The fourth-order valence-electron chi connectivity index (χ4n) is 2.88. The van der Waals surface area contributed by atoms with Gasteiger partial charge in [-0.2, -0.15) is 0 Å². The smallest absolute Gasteiger partial charge is 0.409 e. The van der Waals surface area contributed by atoms with Crippen LogP contribution in [-0.2, 0) is 16.1 Å². The summed E-state index contributed by atoms with van der Waals surface area (Å²) in [6.07, 6.45) is 0.979. The molecule has 1 aromatic carbocycles. The summed E-state index contributed by atoms with van der Waals surface area (Å²) in [5, 5.41) is 0.218. The molecule has 2 rings (SSSR count). The number of likely N-dealkylation sites (tertiary alicyclic amines) is 1. The lowest BCUT2D eigenvalue weighted by molar-refractivity contribution is -0.00313. The van der Waals surface area contributed by atoms with Gasteiger partial charge in [0.1, 0.15) is 5.75 Å². The van der Waals surface area contributed by atoms with Crippen LogP contribution in [0.1, 0.15) is 35.7 Å². The van der Waals surface area contributed by atoms with E-state index in [4.69, 9.17) is 37.3 Å². The van der Waals surface area contributed by atoms with Crippen molar-refractivity contribution in [3.8, 4) is 5.75 Å². The predicted molar refractivity (Wildman–Crippen MR) is 97.3 cm³/mol. The van der Waals surface area contributed by atoms with Crippen molar-refractivity contribution in [1.29, 1.82) is 0 Å². The van der Waals surface area contributed by atoms with E-state index in [1.54, 1.807) is 11.8 Å². The molecule has 1 aliphatic rings. The number of primary amides is 1. The lowest BCUT2D eigenvalue weighted by Crippen LogP contribution is -2.41.